The van der Waals surface area contributed by atoms with Gasteiger partial charge in [0, 0.05) is 11.3 Å². The van der Waals surface area contributed by atoms with Crippen LogP contribution in [0, 0.1) is 6.92 Å². The molecule has 1 aromatic carbocycles. The number of aromatic nitrogens is 2. The van der Waals surface area contributed by atoms with Gasteiger partial charge in [-0.25, -0.2) is 0 Å². The molecule has 0 aliphatic carbocycles. The minimum Gasteiger partial charge on any atom is -0.351 e. The molecular weight excluding hydrogens is 352 g/mol. The number of nitrogens with zero attached hydrogens (tertiary/aromatic N) is 2. The Morgan fingerprint density at radius 3 is 2.68 bits per heavy atom. The molecule has 0 fully saturated rings. The lowest BCUT2D eigenvalue weighted by atomic mass is 9.98. The van der Waals surface area contributed by atoms with Crippen molar-refractivity contribution in [3.63, 3.8) is 0 Å². The molecule has 1 atom stereocenters. The van der Waals surface area contributed by atoms with Crippen molar-refractivity contribution < 1.29 is 4.52 Å². The highest BCUT2D eigenvalue weighted by molar-refractivity contribution is 7.80. The maximum Gasteiger partial charge on any atom is 0.258 e. The molecule has 0 radical (unpaired) electrons. The average molecular weight is 368 g/mol. The van der Waals surface area contributed by atoms with Crippen LogP contribution in [0.3, 0.4) is 0 Å². The summed E-state index contributed by atoms with van der Waals surface area (Å²) < 4.78 is 5.58. The highest BCUT2D eigenvalue weighted by Gasteiger charge is 2.30. The van der Waals surface area contributed by atoms with Crippen LogP contribution in [0.1, 0.15) is 30.0 Å². The number of aryl methyl sites for hydroxylation is 1. The Bertz CT molecular complexity index is 942. The van der Waals surface area contributed by atoms with Crippen LogP contribution in [0.4, 0.5) is 0 Å². The number of hydrogen-bond acceptors (Lipinski definition) is 5. The molecule has 0 spiro atoms. The quantitative estimate of drug-likeness (QED) is 0.680. The monoisotopic (exact) mass is 368 g/mol. The molecule has 4 rings (SSSR count). The third kappa shape index (κ3) is 3.08. The summed E-state index contributed by atoms with van der Waals surface area (Å²) in [5.41, 5.74) is 5.08. The first kappa shape index (κ1) is 16.0. The van der Waals surface area contributed by atoms with E-state index in [-0.39, 0.29) is 6.04 Å². The summed E-state index contributed by atoms with van der Waals surface area (Å²) in [6.45, 7) is 4.02. The van der Waals surface area contributed by atoms with Gasteiger partial charge >= 0.3 is 0 Å². The van der Waals surface area contributed by atoms with Gasteiger partial charge < -0.3 is 15.2 Å². The molecule has 0 saturated carbocycles. The summed E-state index contributed by atoms with van der Waals surface area (Å²) in [5.74, 6) is 1.07. The van der Waals surface area contributed by atoms with Crippen molar-refractivity contribution in [1.29, 1.82) is 0 Å². The van der Waals surface area contributed by atoms with Gasteiger partial charge in [0.1, 0.15) is 0 Å². The molecule has 3 aromatic rings. The smallest absolute Gasteiger partial charge is 0.258 e. The summed E-state index contributed by atoms with van der Waals surface area (Å²) in [4.78, 5) is 4.61. The Morgan fingerprint density at radius 2 is 1.96 bits per heavy atom. The van der Waals surface area contributed by atoms with Crippen LogP contribution in [0.5, 0.6) is 0 Å². The average Bonchev–Trinajstić information content (AvgIpc) is 3.26. The lowest BCUT2D eigenvalue weighted by molar-refractivity contribution is 0.403. The third-order valence-corrected chi connectivity index (χ3v) is 5.03. The third-order valence-electron chi connectivity index (χ3n) is 4.11. The molecule has 0 amide bonds. The van der Waals surface area contributed by atoms with E-state index in [1.165, 1.54) is 5.56 Å². The number of benzene rings is 1. The van der Waals surface area contributed by atoms with Gasteiger partial charge in [-0.15, -0.1) is 0 Å². The van der Waals surface area contributed by atoms with Crippen molar-refractivity contribution in [2.24, 2.45) is 0 Å². The summed E-state index contributed by atoms with van der Waals surface area (Å²) in [6.07, 6.45) is 0. The van der Waals surface area contributed by atoms with Gasteiger partial charge in [-0.3, -0.25) is 0 Å². The van der Waals surface area contributed by atoms with E-state index in [9.17, 15) is 0 Å². The summed E-state index contributed by atoms with van der Waals surface area (Å²) >= 11 is 6.95. The molecule has 7 heteroatoms. The van der Waals surface area contributed by atoms with Crippen molar-refractivity contribution >= 4 is 34.2 Å². The van der Waals surface area contributed by atoms with Crippen molar-refractivity contribution in [3.8, 4) is 11.4 Å². The van der Waals surface area contributed by atoms with E-state index in [0.29, 0.717) is 16.8 Å². The molecule has 25 heavy (non-hydrogen) atoms. The van der Waals surface area contributed by atoms with E-state index in [2.05, 4.69) is 32.2 Å². The van der Waals surface area contributed by atoms with Crippen molar-refractivity contribution in [1.82, 2.24) is 20.8 Å². The van der Waals surface area contributed by atoms with Crippen LogP contribution in [-0.2, 0) is 0 Å². The zero-order valence-corrected chi connectivity index (χ0v) is 15.4. The Kier molecular flexibility index (Phi) is 4.10. The Balaban J connectivity index is 1.75. The van der Waals surface area contributed by atoms with E-state index >= 15 is 0 Å². The van der Waals surface area contributed by atoms with Gasteiger partial charge in [0.05, 0.1) is 11.6 Å². The van der Waals surface area contributed by atoms with Crippen LogP contribution < -0.4 is 10.6 Å². The predicted molar refractivity (Wildman–Crippen MR) is 103 cm³/mol. The van der Waals surface area contributed by atoms with Crippen molar-refractivity contribution in [3.05, 3.63) is 63.8 Å². The van der Waals surface area contributed by atoms with E-state index in [0.717, 1.165) is 22.4 Å². The molecule has 0 bridgehead atoms. The second-order valence-electron chi connectivity index (χ2n) is 5.92. The highest BCUT2D eigenvalue weighted by Crippen LogP contribution is 2.35. The lowest BCUT2D eigenvalue weighted by Crippen LogP contribution is -2.42. The largest absolute Gasteiger partial charge is 0.351 e. The van der Waals surface area contributed by atoms with E-state index in [1.54, 1.807) is 11.3 Å². The number of nitrogens with one attached hydrogen (secondary N) is 2. The fourth-order valence-corrected chi connectivity index (χ4v) is 3.78. The normalized spacial score (nSPS) is 17.4. The zero-order valence-electron chi connectivity index (χ0n) is 13.7. The molecule has 3 heterocycles. The van der Waals surface area contributed by atoms with Gasteiger partial charge in [-0.05, 0) is 48.5 Å². The molecular formula is C18H16N4OS2. The van der Waals surface area contributed by atoms with Gasteiger partial charge in [-0.2, -0.15) is 16.3 Å². The molecule has 1 aliphatic heterocycles. The highest BCUT2D eigenvalue weighted by atomic mass is 32.1. The SMILES string of the molecule is CC1=C(c2nc(-c3ccc(C)cc3)no2)[C@H](c2ccsc2)NC(=S)N1. The number of thiocarbonyl (C=S) groups is 1. The maximum atomic E-state index is 5.58. The molecule has 0 saturated heterocycles. The summed E-state index contributed by atoms with van der Waals surface area (Å²) in [5, 5.41) is 15.3. The summed E-state index contributed by atoms with van der Waals surface area (Å²) in [7, 11) is 0. The molecule has 5 nitrogen and oxygen atoms in total. The van der Waals surface area contributed by atoms with Crippen molar-refractivity contribution in [2.45, 2.75) is 19.9 Å². The van der Waals surface area contributed by atoms with E-state index in [4.69, 9.17) is 16.7 Å². The minimum atomic E-state index is -0.105. The first-order valence-electron chi connectivity index (χ1n) is 7.83. The maximum absolute atomic E-state index is 5.58. The second-order valence-corrected chi connectivity index (χ2v) is 7.10. The van der Waals surface area contributed by atoms with Crippen LogP contribution in [-0.4, -0.2) is 15.3 Å². The van der Waals surface area contributed by atoms with Crippen LogP contribution in [0.25, 0.3) is 17.0 Å². The summed E-state index contributed by atoms with van der Waals surface area (Å²) in [6, 6.07) is 10.0. The van der Waals surface area contributed by atoms with Gasteiger partial charge in [-0.1, -0.05) is 35.0 Å². The predicted octanol–water partition coefficient (Wildman–Crippen LogP) is 4.06. The number of allylic oxidation sites excluding steroid dienone is 1. The zero-order chi connectivity index (χ0) is 17.4. The van der Waals surface area contributed by atoms with E-state index < -0.39 is 0 Å². The topological polar surface area (TPSA) is 63.0 Å². The second kappa shape index (κ2) is 6.42. The first-order valence-corrected chi connectivity index (χ1v) is 9.18. The van der Waals surface area contributed by atoms with Gasteiger partial charge in [0.2, 0.25) is 5.82 Å². The molecule has 2 N–H and O–H groups in total. The molecule has 2 aromatic heterocycles. The fraction of sp³-hybridized carbons (Fsp3) is 0.167. The lowest BCUT2D eigenvalue weighted by Gasteiger charge is -2.28. The molecule has 126 valence electrons. The number of rotatable bonds is 3. The van der Waals surface area contributed by atoms with Gasteiger partial charge in [0.25, 0.3) is 5.89 Å². The van der Waals surface area contributed by atoms with Gasteiger partial charge in [0.15, 0.2) is 5.11 Å². The first-order chi connectivity index (χ1) is 12.1. The van der Waals surface area contributed by atoms with Crippen LogP contribution in [0.15, 0.2) is 51.3 Å². The fourth-order valence-electron chi connectivity index (χ4n) is 2.82. The van der Waals surface area contributed by atoms with Crippen LogP contribution in [0.2, 0.25) is 0 Å². The Morgan fingerprint density at radius 1 is 1.16 bits per heavy atom. The standard InChI is InChI=1S/C18H16N4OS2/c1-10-3-5-12(6-4-10)16-21-17(23-22-16)14-11(2)19-18(24)20-15(14)13-7-8-25-9-13/h3-9,15H,1-2H3,(H2,19,20,24)/t15-/m0/s1. The number of hydrogen-bond donors (Lipinski definition) is 2. The Labute approximate surface area is 154 Å². The Hall–Kier alpha value is -2.51. The minimum absolute atomic E-state index is 0.105. The molecule has 0 unspecified atom stereocenters. The number of thiophene rings is 1. The van der Waals surface area contributed by atoms with Crippen molar-refractivity contribution in [2.75, 3.05) is 0 Å². The molecule has 1 aliphatic rings. The van der Waals surface area contributed by atoms with Crippen LogP contribution >= 0.6 is 23.6 Å². The van der Waals surface area contributed by atoms with E-state index in [1.807, 2.05) is 43.5 Å².